The molecule has 0 aromatic rings. The van der Waals surface area contributed by atoms with Gasteiger partial charge in [-0.3, -0.25) is 0 Å². The molecular formula is C11H22N2O. The molecular weight excluding hydrogens is 176 g/mol. The van der Waals surface area contributed by atoms with Gasteiger partial charge in [-0.1, -0.05) is 6.92 Å². The minimum absolute atomic E-state index is 0.187. The summed E-state index contributed by atoms with van der Waals surface area (Å²) >= 11 is 0. The van der Waals surface area contributed by atoms with Crippen molar-refractivity contribution in [1.82, 2.24) is 9.80 Å². The van der Waals surface area contributed by atoms with Gasteiger partial charge in [-0.2, -0.15) is 0 Å². The smallest absolute Gasteiger partial charge is 0.319 e. The van der Waals surface area contributed by atoms with Crippen LogP contribution in [0.5, 0.6) is 0 Å². The highest BCUT2D eigenvalue weighted by atomic mass is 16.2. The molecule has 0 N–H and O–H groups in total. The van der Waals surface area contributed by atoms with E-state index in [9.17, 15) is 4.79 Å². The number of nitrogens with zero attached hydrogens (tertiary/aromatic N) is 2. The standard InChI is InChI=1S/C11H22N2O/c1-9(2)12(4)11(14)13-7-5-6-10(3)8-13/h9-10H,5-8H2,1-4H3. The van der Waals surface area contributed by atoms with Gasteiger partial charge in [-0.25, -0.2) is 4.79 Å². The Balaban J connectivity index is 2.51. The molecule has 0 aliphatic carbocycles. The van der Waals surface area contributed by atoms with Crippen LogP contribution >= 0.6 is 0 Å². The number of hydrogen-bond acceptors (Lipinski definition) is 1. The van der Waals surface area contributed by atoms with Crippen molar-refractivity contribution in [3.05, 3.63) is 0 Å². The van der Waals surface area contributed by atoms with Crippen molar-refractivity contribution in [3.63, 3.8) is 0 Å². The number of amides is 2. The molecule has 1 atom stereocenters. The molecule has 1 saturated heterocycles. The molecule has 0 saturated carbocycles. The van der Waals surface area contributed by atoms with Crippen LogP contribution in [-0.4, -0.2) is 42.0 Å². The average molecular weight is 198 g/mol. The lowest BCUT2D eigenvalue weighted by atomic mass is 10.0. The summed E-state index contributed by atoms with van der Waals surface area (Å²) in [6.07, 6.45) is 2.41. The Morgan fingerprint density at radius 1 is 1.50 bits per heavy atom. The van der Waals surface area contributed by atoms with Crippen LogP contribution in [0.2, 0.25) is 0 Å². The zero-order valence-electron chi connectivity index (χ0n) is 9.79. The summed E-state index contributed by atoms with van der Waals surface area (Å²) in [6, 6.07) is 0.478. The van der Waals surface area contributed by atoms with E-state index in [1.54, 1.807) is 0 Å². The highest BCUT2D eigenvalue weighted by Gasteiger charge is 2.24. The fraction of sp³-hybridized carbons (Fsp3) is 0.909. The monoisotopic (exact) mass is 198 g/mol. The topological polar surface area (TPSA) is 23.6 Å². The molecule has 1 aliphatic heterocycles. The van der Waals surface area contributed by atoms with Crippen molar-refractivity contribution in [3.8, 4) is 0 Å². The van der Waals surface area contributed by atoms with Crippen LogP contribution in [-0.2, 0) is 0 Å². The number of carbonyl (C=O) groups excluding carboxylic acids is 1. The molecule has 82 valence electrons. The van der Waals surface area contributed by atoms with E-state index in [4.69, 9.17) is 0 Å². The SMILES string of the molecule is CC1CCCN(C(=O)N(C)C(C)C)C1. The molecule has 0 aromatic heterocycles. The van der Waals surface area contributed by atoms with E-state index in [1.165, 1.54) is 6.42 Å². The van der Waals surface area contributed by atoms with Crippen LogP contribution in [0.25, 0.3) is 0 Å². The van der Waals surface area contributed by atoms with E-state index >= 15 is 0 Å². The first-order valence-electron chi connectivity index (χ1n) is 5.54. The summed E-state index contributed by atoms with van der Waals surface area (Å²) in [5.41, 5.74) is 0. The lowest BCUT2D eigenvalue weighted by Crippen LogP contribution is -2.47. The van der Waals surface area contributed by atoms with E-state index in [0.717, 1.165) is 19.5 Å². The Morgan fingerprint density at radius 3 is 2.64 bits per heavy atom. The highest BCUT2D eigenvalue weighted by Crippen LogP contribution is 2.16. The molecule has 1 aliphatic rings. The van der Waals surface area contributed by atoms with Crippen LogP contribution in [0.4, 0.5) is 4.79 Å². The van der Waals surface area contributed by atoms with Crippen molar-refractivity contribution in [2.24, 2.45) is 5.92 Å². The lowest BCUT2D eigenvalue weighted by Gasteiger charge is -2.35. The van der Waals surface area contributed by atoms with Crippen LogP contribution in [0.1, 0.15) is 33.6 Å². The van der Waals surface area contributed by atoms with E-state index < -0.39 is 0 Å². The van der Waals surface area contributed by atoms with Crippen LogP contribution in [0.3, 0.4) is 0 Å². The van der Waals surface area contributed by atoms with Crippen LogP contribution in [0.15, 0.2) is 0 Å². The summed E-state index contributed by atoms with van der Waals surface area (Å²) < 4.78 is 0. The van der Waals surface area contributed by atoms with E-state index in [2.05, 4.69) is 6.92 Å². The Labute approximate surface area is 87.1 Å². The predicted octanol–water partition coefficient (Wildman–Crippen LogP) is 2.18. The molecule has 0 bridgehead atoms. The van der Waals surface area contributed by atoms with Gasteiger partial charge < -0.3 is 9.80 Å². The molecule has 1 fully saturated rings. The zero-order chi connectivity index (χ0) is 10.7. The molecule has 0 radical (unpaired) electrons. The third-order valence-electron chi connectivity index (χ3n) is 3.00. The molecule has 1 rings (SSSR count). The van der Waals surface area contributed by atoms with Gasteiger partial charge in [0, 0.05) is 26.2 Å². The van der Waals surface area contributed by atoms with E-state index in [-0.39, 0.29) is 6.03 Å². The Hall–Kier alpha value is -0.730. The first-order valence-corrected chi connectivity index (χ1v) is 5.54. The Bertz CT molecular complexity index is 203. The highest BCUT2D eigenvalue weighted by molar-refractivity contribution is 5.74. The largest absolute Gasteiger partial charge is 0.325 e. The second-order valence-corrected chi connectivity index (χ2v) is 4.68. The minimum atomic E-state index is 0.187. The zero-order valence-corrected chi connectivity index (χ0v) is 9.79. The molecule has 0 spiro atoms. The molecule has 14 heavy (non-hydrogen) atoms. The van der Waals surface area contributed by atoms with Crippen molar-refractivity contribution in [1.29, 1.82) is 0 Å². The third kappa shape index (κ3) is 2.63. The fourth-order valence-electron chi connectivity index (χ4n) is 1.81. The van der Waals surface area contributed by atoms with E-state index in [0.29, 0.717) is 12.0 Å². The maximum Gasteiger partial charge on any atom is 0.319 e. The summed E-state index contributed by atoms with van der Waals surface area (Å²) in [7, 11) is 1.88. The van der Waals surface area contributed by atoms with Crippen LogP contribution < -0.4 is 0 Å². The number of rotatable bonds is 1. The maximum atomic E-state index is 11.9. The first kappa shape index (κ1) is 11.3. The fourth-order valence-corrected chi connectivity index (χ4v) is 1.81. The van der Waals surface area contributed by atoms with Gasteiger partial charge in [-0.15, -0.1) is 0 Å². The molecule has 0 aromatic carbocycles. The quantitative estimate of drug-likeness (QED) is 0.633. The van der Waals surface area contributed by atoms with Crippen molar-refractivity contribution >= 4 is 6.03 Å². The van der Waals surface area contributed by atoms with Gasteiger partial charge in [0.05, 0.1) is 0 Å². The number of urea groups is 1. The van der Waals surface area contributed by atoms with E-state index in [1.807, 2.05) is 30.7 Å². The average Bonchev–Trinajstić information content (AvgIpc) is 2.15. The minimum Gasteiger partial charge on any atom is -0.325 e. The number of carbonyl (C=O) groups is 1. The van der Waals surface area contributed by atoms with Gasteiger partial charge in [0.1, 0.15) is 0 Å². The van der Waals surface area contributed by atoms with Crippen molar-refractivity contribution in [2.45, 2.75) is 39.7 Å². The van der Waals surface area contributed by atoms with Gasteiger partial charge >= 0.3 is 6.03 Å². The molecule has 1 heterocycles. The molecule has 3 heteroatoms. The second kappa shape index (κ2) is 4.67. The third-order valence-corrected chi connectivity index (χ3v) is 3.00. The van der Waals surface area contributed by atoms with Gasteiger partial charge in [0.2, 0.25) is 0 Å². The Kier molecular flexibility index (Phi) is 3.78. The summed E-state index contributed by atoms with van der Waals surface area (Å²) in [6.45, 7) is 8.17. The maximum absolute atomic E-state index is 11.9. The summed E-state index contributed by atoms with van der Waals surface area (Å²) in [5.74, 6) is 0.660. The summed E-state index contributed by atoms with van der Waals surface area (Å²) in [5, 5.41) is 0. The summed E-state index contributed by atoms with van der Waals surface area (Å²) in [4.78, 5) is 15.7. The molecule has 1 unspecified atom stereocenters. The number of piperidine rings is 1. The lowest BCUT2D eigenvalue weighted by molar-refractivity contribution is 0.131. The van der Waals surface area contributed by atoms with Gasteiger partial charge in [0.25, 0.3) is 0 Å². The normalized spacial score (nSPS) is 22.6. The molecule has 3 nitrogen and oxygen atoms in total. The van der Waals surface area contributed by atoms with Crippen LogP contribution in [0, 0.1) is 5.92 Å². The first-order chi connectivity index (χ1) is 6.52. The number of likely N-dealkylation sites (tertiary alicyclic amines) is 1. The van der Waals surface area contributed by atoms with Gasteiger partial charge in [0.15, 0.2) is 0 Å². The second-order valence-electron chi connectivity index (χ2n) is 4.68. The predicted molar refractivity (Wildman–Crippen MR) is 58.3 cm³/mol. The number of hydrogen-bond donors (Lipinski definition) is 0. The van der Waals surface area contributed by atoms with Gasteiger partial charge in [-0.05, 0) is 32.6 Å². The molecule has 2 amide bonds. The van der Waals surface area contributed by atoms with Crippen molar-refractivity contribution in [2.75, 3.05) is 20.1 Å². The Morgan fingerprint density at radius 2 is 2.14 bits per heavy atom. The van der Waals surface area contributed by atoms with Crippen molar-refractivity contribution < 1.29 is 4.79 Å².